The molecular formula is C32H45N3O9S. The average molecular weight is 648 g/mol. The van der Waals surface area contributed by atoms with E-state index in [9.17, 15) is 18.3 Å². The van der Waals surface area contributed by atoms with Crippen molar-refractivity contribution < 1.29 is 42.0 Å². The summed E-state index contributed by atoms with van der Waals surface area (Å²) in [7, 11) is -4.11. The predicted molar refractivity (Wildman–Crippen MR) is 165 cm³/mol. The minimum absolute atomic E-state index is 0.0137. The van der Waals surface area contributed by atoms with E-state index in [2.05, 4.69) is 5.32 Å². The molecule has 2 aromatic carbocycles. The molecule has 12 nitrogen and oxygen atoms in total. The first-order valence-corrected chi connectivity index (χ1v) is 17.0. The zero-order chi connectivity index (χ0) is 32.0. The molecule has 2 saturated heterocycles. The highest BCUT2D eigenvalue weighted by Crippen LogP contribution is 2.36. The lowest BCUT2D eigenvalue weighted by Crippen LogP contribution is -2.52. The van der Waals surface area contributed by atoms with Gasteiger partial charge >= 0.3 is 6.09 Å². The molecule has 4 N–H and O–H groups in total. The number of nitrogens with zero attached hydrogens (tertiary/aromatic N) is 1. The van der Waals surface area contributed by atoms with Crippen molar-refractivity contribution in [2.45, 2.75) is 75.4 Å². The van der Waals surface area contributed by atoms with Crippen LogP contribution in [0.2, 0.25) is 0 Å². The Morgan fingerprint density at radius 1 is 1.13 bits per heavy atom. The molecule has 0 radical (unpaired) electrons. The molecule has 1 amide bonds. The van der Waals surface area contributed by atoms with E-state index in [0.29, 0.717) is 24.7 Å². The van der Waals surface area contributed by atoms with Crippen molar-refractivity contribution in [3.05, 3.63) is 54.1 Å². The first-order valence-electron chi connectivity index (χ1n) is 15.6. The molecule has 0 bridgehead atoms. The van der Waals surface area contributed by atoms with Crippen LogP contribution in [0.15, 0.2) is 53.4 Å². The maximum atomic E-state index is 14.2. The van der Waals surface area contributed by atoms with Gasteiger partial charge in [-0.2, -0.15) is 4.31 Å². The van der Waals surface area contributed by atoms with Crippen molar-refractivity contribution in [1.29, 1.82) is 0 Å². The number of unbranched alkanes of at least 4 members (excludes halogenated alkanes) is 1. The molecule has 5 atom stereocenters. The van der Waals surface area contributed by atoms with Gasteiger partial charge < -0.3 is 39.8 Å². The van der Waals surface area contributed by atoms with Gasteiger partial charge in [0.1, 0.15) is 6.10 Å². The summed E-state index contributed by atoms with van der Waals surface area (Å²) in [6.07, 6.45) is 0.559. The van der Waals surface area contributed by atoms with Gasteiger partial charge in [-0.05, 0) is 55.3 Å². The highest BCUT2D eigenvalue weighted by atomic mass is 32.2. The highest BCUT2D eigenvalue weighted by molar-refractivity contribution is 7.89. The van der Waals surface area contributed by atoms with E-state index < -0.39 is 39.8 Å². The maximum absolute atomic E-state index is 14.2. The molecule has 45 heavy (non-hydrogen) atoms. The van der Waals surface area contributed by atoms with E-state index in [0.717, 1.165) is 31.2 Å². The lowest BCUT2D eigenvalue weighted by molar-refractivity contribution is -0.0907. The Labute approximate surface area is 265 Å². The topological polar surface area (TPSA) is 159 Å². The first-order chi connectivity index (χ1) is 21.6. The zero-order valence-corrected chi connectivity index (χ0v) is 26.7. The Kier molecular flexibility index (Phi) is 10.9. The molecule has 5 rings (SSSR count). The third-order valence-electron chi connectivity index (χ3n) is 8.59. The van der Waals surface area contributed by atoms with Crippen LogP contribution in [0.3, 0.4) is 0 Å². The number of benzene rings is 2. The van der Waals surface area contributed by atoms with Crippen LogP contribution >= 0.6 is 0 Å². The normalized spacial score (nSPS) is 22.3. The number of aliphatic hydroxyl groups is 1. The van der Waals surface area contributed by atoms with Crippen molar-refractivity contribution in [3.8, 4) is 11.5 Å². The smallest absolute Gasteiger partial charge is 0.407 e. The number of sulfonamides is 1. The number of alkyl carbamates (subject to hydrolysis) is 1. The quantitative estimate of drug-likeness (QED) is 0.245. The summed E-state index contributed by atoms with van der Waals surface area (Å²) < 4.78 is 57.3. The number of carbonyl (C=O) groups is 1. The summed E-state index contributed by atoms with van der Waals surface area (Å²) in [5, 5.41) is 14.5. The molecule has 3 unspecified atom stereocenters. The SMILES string of the molecule is CC(C)(CCCCN)CN(C[C@@H](O)[C@H](Cc1ccccc1)NC(=O)OC1COC2OCCC12)S(=O)(=O)c1ccc2c(c1)OCO2. The van der Waals surface area contributed by atoms with Crippen molar-refractivity contribution >= 4 is 16.1 Å². The Bertz CT molecular complexity index is 1390. The number of carbonyl (C=O) groups excluding carboxylic acids is 1. The average Bonchev–Trinajstić information content (AvgIpc) is 3.75. The molecule has 2 aromatic rings. The molecule has 248 valence electrons. The van der Waals surface area contributed by atoms with Gasteiger partial charge in [0.05, 0.1) is 36.2 Å². The summed E-state index contributed by atoms with van der Waals surface area (Å²) in [4.78, 5) is 13.2. The lowest BCUT2D eigenvalue weighted by atomic mass is 9.87. The lowest BCUT2D eigenvalue weighted by Gasteiger charge is -2.35. The highest BCUT2D eigenvalue weighted by Gasteiger charge is 2.44. The van der Waals surface area contributed by atoms with Gasteiger partial charge in [-0.15, -0.1) is 0 Å². The Balaban J connectivity index is 1.37. The number of fused-ring (bicyclic) bond motifs is 2. The Morgan fingerprint density at radius 2 is 1.91 bits per heavy atom. The third kappa shape index (κ3) is 8.46. The molecule has 0 spiro atoms. The van der Waals surface area contributed by atoms with E-state index in [4.69, 9.17) is 29.4 Å². The second-order valence-electron chi connectivity index (χ2n) is 12.7. The Hall–Kier alpha value is -2.94. The fourth-order valence-electron chi connectivity index (χ4n) is 6.10. The van der Waals surface area contributed by atoms with Gasteiger partial charge in [-0.1, -0.05) is 50.6 Å². The molecule has 3 aliphatic rings. The zero-order valence-electron chi connectivity index (χ0n) is 25.9. The van der Waals surface area contributed by atoms with Crippen LogP contribution in [0.5, 0.6) is 11.5 Å². The van der Waals surface area contributed by atoms with E-state index in [1.165, 1.54) is 16.4 Å². The number of amides is 1. The standard InChI is InChI=1S/C32H45N3O9S/c1-32(2,13-6-7-14-33)20-35(45(38,39)23-10-11-27-28(17-23)43-21-42-27)18-26(36)25(16-22-8-4-3-5-9-22)34-31(37)44-29-19-41-30-24(29)12-15-40-30/h3-5,8-11,17,24-26,29-30,36H,6-7,12-16,18-21,33H2,1-2H3,(H,34,37)/t24?,25-,26+,29?,30?/m0/s1. The van der Waals surface area contributed by atoms with E-state index in [-0.39, 0.29) is 50.0 Å². The fourth-order valence-corrected chi connectivity index (χ4v) is 7.76. The van der Waals surface area contributed by atoms with Crippen LogP contribution < -0.4 is 20.5 Å². The number of aliphatic hydroxyl groups excluding tert-OH is 1. The number of nitrogens with two attached hydrogens (primary N) is 1. The molecule has 2 fully saturated rings. The monoisotopic (exact) mass is 647 g/mol. The van der Waals surface area contributed by atoms with Crippen LogP contribution in [-0.4, -0.2) is 88.1 Å². The molecule has 0 aliphatic carbocycles. The molecule has 13 heteroatoms. The molecular weight excluding hydrogens is 602 g/mol. The van der Waals surface area contributed by atoms with Crippen molar-refractivity contribution in [3.63, 3.8) is 0 Å². The van der Waals surface area contributed by atoms with Crippen molar-refractivity contribution in [2.24, 2.45) is 17.1 Å². The summed E-state index contributed by atoms with van der Waals surface area (Å²) in [5.74, 6) is 0.768. The number of rotatable bonds is 15. The van der Waals surface area contributed by atoms with Gasteiger partial charge in [-0.3, -0.25) is 0 Å². The van der Waals surface area contributed by atoms with Gasteiger partial charge in [0, 0.05) is 19.2 Å². The first kappa shape index (κ1) is 33.4. The number of hydrogen-bond acceptors (Lipinski definition) is 10. The fraction of sp³-hybridized carbons (Fsp3) is 0.594. The van der Waals surface area contributed by atoms with E-state index >= 15 is 0 Å². The number of ether oxygens (including phenoxy) is 5. The van der Waals surface area contributed by atoms with Crippen molar-refractivity contribution in [1.82, 2.24) is 9.62 Å². The van der Waals surface area contributed by atoms with Gasteiger partial charge in [0.15, 0.2) is 17.8 Å². The van der Waals surface area contributed by atoms with Gasteiger partial charge in [-0.25, -0.2) is 13.2 Å². The van der Waals surface area contributed by atoms with Crippen LogP contribution in [-0.2, 0) is 30.7 Å². The molecule has 3 heterocycles. The summed E-state index contributed by atoms with van der Waals surface area (Å²) in [6.45, 7) is 5.21. The number of nitrogens with one attached hydrogen (secondary N) is 1. The van der Waals surface area contributed by atoms with Crippen LogP contribution in [0.4, 0.5) is 4.79 Å². The van der Waals surface area contributed by atoms with Crippen LogP contribution in [0, 0.1) is 11.3 Å². The second kappa shape index (κ2) is 14.7. The molecule has 0 aromatic heterocycles. The largest absolute Gasteiger partial charge is 0.454 e. The van der Waals surface area contributed by atoms with E-state index in [1.807, 2.05) is 44.2 Å². The van der Waals surface area contributed by atoms with Gasteiger partial charge in [0.2, 0.25) is 16.8 Å². The van der Waals surface area contributed by atoms with Crippen LogP contribution in [0.25, 0.3) is 0 Å². The minimum Gasteiger partial charge on any atom is -0.454 e. The second-order valence-corrected chi connectivity index (χ2v) is 14.6. The summed E-state index contributed by atoms with van der Waals surface area (Å²) >= 11 is 0. The van der Waals surface area contributed by atoms with E-state index in [1.54, 1.807) is 6.07 Å². The molecule has 3 aliphatic heterocycles. The summed E-state index contributed by atoms with van der Waals surface area (Å²) in [5.41, 5.74) is 6.14. The minimum atomic E-state index is -4.11. The third-order valence-corrected chi connectivity index (χ3v) is 10.4. The molecule has 0 saturated carbocycles. The van der Waals surface area contributed by atoms with Crippen LogP contribution in [0.1, 0.15) is 45.1 Å². The summed E-state index contributed by atoms with van der Waals surface area (Å²) in [6, 6.07) is 13.0. The predicted octanol–water partition coefficient (Wildman–Crippen LogP) is 3.02. The Morgan fingerprint density at radius 3 is 2.69 bits per heavy atom. The number of hydrogen-bond donors (Lipinski definition) is 3. The van der Waals surface area contributed by atoms with Crippen molar-refractivity contribution in [2.75, 3.05) is 39.6 Å². The van der Waals surface area contributed by atoms with Gasteiger partial charge in [0.25, 0.3) is 0 Å². The maximum Gasteiger partial charge on any atom is 0.407 e.